The van der Waals surface area contributed by atoms with Gasteiger partial charge in [0.2, 0.25) is 0 Å². The zero-order chi connectivity index (χ0) is 15.7. The highest BCUT2D eigenvalue weighted by atomic mass is 16.3. The van der Waals surface area contributed by atoms with Crippen LogP contribution in [0.1, 0.15) is 72.1 Å². The first-order valence-corrected chi connectivity index (χ1v) is 9.72. The lowest BCUT2D eigenvalue weighted by atomic mass is 9.43. The Labute approximate surface area is 135 Å². The molecule has 0 aliphatic heterocycles. The predicted molar refractivity (Wildman–Crippen MR) is 88.3 cm³/mol. The van der Waals surface area contributed by atoms with Gasteiger partial charge in [-0.3, -0.25) is 0 Å². The van der Waals surface area contributed by atoms with Gasteiger partial charge in [-0.05, 0) is 91.8 Å². The minimum atomic E-state index is -0.0654. The topological polar surface area (TPSA) is 40.5 Å². The summed E-state index contributed by atoms with van der Waals surface area (Å²) in [4.78, 5) is 0. The van der Waals surface area contributed by atoms with E-state index in [2.05, 4.69) is 20.8 Å². The maximum atomic E-state index is 10.6. The number of hydrogen-bond acceptors (Lipinski definition) is 2. The number of fused-ring (bicyclic) bond motifs is 5. The third-order valence-electron chi connectivity index (χ3n) is 8.95. The van der Waals surface area contributed by atoms with Gasteiger partial charge in [-0.2, -0.15) is 0 Å². The molecular weight excluding hydrogens is 272 g/mol. The fourth-order valence-corrected chi connectivity index (χ4v) is 7.59. The molecule has 126 valence electrons. The molecule has 2 heteroatoms. The van der Waals surface area contributed by atoms with Crippen molar-refractivity contribution in [2.45, 2.75) is 84.3 Å². The van der Waals surface area contributed by atoms with E-state index in [1.165, 1.54) is 32.1 Å². The lowest BCUT2D eigenvalue weighted by Crippen LogP contribution is -2.56. The molecule has 4 aliphatic carbocycles. The average Bonchev–Trinajstić information content (AvgIpc) is 2.77. The molecule has 0 aromatic heterocycles. The Balaban J connectivity index is 1.67. The Kier molecular flexibility index (Phi) is 3.48. The van der Waals surface area contributed by atoms with Crippen LogP contribution in [0.15, 0.2) is 0 Å². The third kappa shape index (κ3) is 1.92. The van der Waals surface area contributed by atoms with Crippen molar-refractivity contribution in [3.05, 3.63) is 0 Å². The first-order valence-electron chi connectivity index (χ1n) is 9.72. The van der Waals surface area contributed by atoms with Gasteiger partial charge in [0.1, 0.15) is 0 Å². The summed E-state index contributed by atoms with van der Waals surface area (Å²) < 4.78 is 0. The maximum Gasteiger partial charge on any atom is 0.0596 e. The van der Waals surface area contributed by atoms with Gasteiger partial charge < -0.3 is 10.2 Å². The third-order valence-corrected chi connectivity index (χ3v) is 8.95. The van der Waals surface area contributed by atoms with E-state index >= 15 is 0 Å². The van der Waals surface area contributed by atoms with Gasteiger partial charge in [0, 0.05) is 0 Å². The molecule has 22 heavy (non-hydrogen) atoms. The van der Waals surface area contributed by atoms with Crippen LogP contribution in [0.2, 0.25) is 0 Å². The molecule has 9 atom stereocenters. The fourth-order valence-electron chi connectivity index (χ4n) is 7.59. The quantitative estimate of drug-likeness (QED) is 0.710. The minimum Gasteiger partial charge on any atom is -0.393 e. The van der Waals surface area contributed by atoms with Crippen LogP contribution in [-0.4, -0.2) is 22.4 Å². The summed E-state index contributed by atoms with van der Waals surface area (Å²) in [6, 6.07) is 0. The molecule has 0 bridgehead atoms. The summed E-state index contributed by atoms with van der Waals surface area (Å²) in [5, 5.41) is 20.7. The van der Waals surface area contributed by atoms with Gasteiger partial charge in [0.15, 0.2) is 0 Å². The van der Waals surface area contributed by atoms with E-state index in [9.17, 15) is 10.2 Å². The van der Waals surface area contributed by atoms with Gasteiger partial charge in [-0.1, -0.05) is 20.8 Å². The van der Waals surface area contributed by atoms with E-state index in [1.807, 2.05) is 0 Å². The molecule has 2 nitrogen and oxygen atoms in total. The van der Waals surface area contributed by atoms with Crippen molar-refractivity contribution in [2.75, 3.05) is 0 Å². The predicted octanol–water partition coefficient (Wildman–Crippen LogP) is 4.00. The molecule has 4 fully saturated rings. The number of rotatable bonds is 0. The largest absolute Gasteiger partial charge is 0.393 e. The molecule has 4 rings (SSSR count). The Morgan fingerprint density at radius 2 is 1.50 bits per heavy atom. The molecule has 0 amide bonds. The summed E-state index contributed by atoms with van der Waals surface area (Å²) in [5.41, 5.74) is 0.637. The summed E-state index contributed by atoms with van der Waals surface area (Å²) in [6.07, 6.45) is 9.25. The van der Waals surface area contributed by atoms with Gasteiger partial charge in [0.05, 0.1) is 12.2 Å². The smallest absolute Gasteiger partial charge is 0.0596 e. The van der Waals surface area contributed by atoms with Crippen LogP contribution in [0, 0.1) is 40.4 Å². The highest BCUT2D eigenvalue weighted by Gasteiger charge is 2.61. The second-order valence-corrected chi connectivity index (χ2v) is 9.77. The van der Waals surface area contributed by atoms with Crippen molar-refractivity contribution < 1.29 is 10.2 Å². The standard InChI is InChI=1S/C20H34O2/c1-12-10-13-11-14(21)6-8-19(13,2)16-7-9-20(3)15(18(12)16)4-5-17(20)22/h12-18,21-22H,4-11H2,1-3H3/t12?,13-,14-,15?,16?,17-,18?,19?,20?/m0/s1. The maximum absolute atomic E-state index is 10.6. The van der Waals surface area contributed by atoms with Gasteiger partial charge in [-0.15, -0.1) is 0 Å². The van der Waals surface area contributed by atoms with Gasteiger partial charge in [0.25, 0.3) is 0 Å². The fraction of sp³-hybridized carbons (Fsp3) is 1.00. The molecule has 0 radical (unpaired) electrons. The van der Waals surface area contributed by atoms with E-state index in [0.29, 0.717) is 5.41 Å². The monoisotopic (exact) mass is 306 g/mol. The highest BCUT2D eigenvalue weighted by Crippen LogP contribution is 2.67. The summed E-state index contributed by atoms with van der Waals surface area (Å²) in [6.45, 7) is 7.38. The molecule has 0 heterocycles. The molecule has 6 unspecified atom stereocenters. The van der Waals surface area contributed by atoms with Gasteiger partial charge in [-0.25, -0.2) is 0 Å². The van der Waals surface area contributed by atoms with Crippen molar-refractivity contribution in [1.82, 2.24) is 0 Å². The van der Waals surface area contributed by atoms with Crippen LogP contribution in [0.4, 0.5) is 0 Å². The van der Waals surface area contributed by atoms with Crippen LogP contribution in [0.5, 0.6) is 0 Å². The van der Waals surface area contributed by atoms with Crippen molar-refractivity contribution >= 4 is 0 Å². The zero-order valence-corrected chi connectivity index (χ0v) is 14.6. The first kappa shape index (κ1) is 15.4. The molecule has 4 aliphatic rings. The van der Waals surface area contributed by atoms with Crippen molar-refractivity contribution in [2.24, 2.45) is 40.4 Å². The van der Waals surface area contributed by atoms with Crippen molar-refractivity contribution in [1.29, 1.82) is 0 Å². The van der Waals surface area contributed by atoms with E-state index in [4.69, 9.17) is 0 Å². The van der Waals surface area contributed by atoms with E-state index in [1.54, 1.807) is 0 Å². The molecule has 4 saturated carbocycles. The molecule has 0 aromatic carbocycles. The highest BCUT2D eigenvalue weighted by molar-refractivity contribution is 5.10. The number of aliphatic hydroxyl groups excluding tert-OH is 2. The molecule has 0 aromatic rings. The van der Waals surface area contributed by atoms with E-state index < -0.39 is 0 Å². The minimum absolute atomic E-state index is 0.0519. The SMILES string of the molecule is CC1C[C@H]2C[C@@H](O)CCC2(C)C2CCC3(C)C(CC[C@@H]3O)C12. The molecule has 0 saturated heterocycles. The Hall–Kier alpha value is -0.0800. The first-order chi connectivity index (χ1) is 10.4. The number of hydrogen-bond donors (Lipinski definition) is 2. The van der Waals surface area contributed by atoms with Crippen LogP contribution in [-0.2, 0) is 0 Å². The van der Waals surface area contributed by atoms with Crippen LogP contribution in [0.25, 0.3) is 0 Å². The number of aliphatic hydroxyl groups is 2. The van der Waals surface area contributed by atoms with Crippen LogP contribution < -0.4 is 0 Å². The Morgan fingerprint density at radius 3 is 2.27 bits per heavy atom. The van der Waals surface area contributed by atoms with Crippen molar-refractivity contribution in [3.63, 3.8) is 0 Å². The molecular formula is C20H34O2. The lowest BCUT2D eigenvalue weighted by molar-refractivity contribution is -0.153. The molecule has 0 spiro atoms. The Morgan fingerprint density at radius 1 is 0.818 bits per heavy atom. The van der Waals surface area contributed by atoms with Gasteiger partial charge >= 0.3 is 0 Å². The second kappa shape index (κ2) is 4.96. The normalized spacial score (nSPS) is 61.2. The van der Waals surface area contributed by atoms with Crippen LogP contribution in [0.3, 0.4) is 0 Å². The molecule has 2 N–H and O–H groups in total. The van der Waals surface area contributed by atoms with Crippen LogP contribution >= 0.6 is 0 Å². The van der Waals surface area contributed by atoms with Crippen molar-refractivity contribution in [3.8, 4) is 0 Å². The second-order valence-electron chi connectivity index (χ2n) is 9.77. The zero-order valence-electron chi connectivity index (χ0n) is 14.6. The lowest BCUT2D eigenvalue weighted by Gasteiger charge is -2.62. The summed E-state index contributed by atoms with van der Waals surface area (Å²) >= 11 is 0. The average molecular weight is 306 g/mol. The Bertz CT molecular complexity index is 449. The summed E-state index contributed by atoms with van der Waals surface area (Å²) in [5.74, 6) is 3.87. The van der Waals surface area contributed by atoms with E-state index in [-0.39, 0.29) is 17.6 Å². The van der Waals surface area contributed by atoms with E-state index in [0.717, 1.165) is 48.9 Å². The summed E-state index contributed by atoms with van der Waals surface area (Å²) in [7, 11) is 0.